The summed E-state index contributed by atoms with van der Waals surface area (Å²) in [7, 11) is 0. The molecule has 2 aliphatic heterocycles. The largest absolute Gasteiger partial charge is 0.476 e. The zero-order valence-corrected chi connectivity index (χ0v) is 24.2. The molecule has 1 atom stereocenters. The van der Waals surface area contributed by atoms with Crippen molar-refractivity contribution in [2.45, 2.75) is 46.9 Å². The summed E-state index contributed by atoms with van der Waals surface area (Å²) in [5, 5.41) is 21.6. The van der Waals surface area contributed by atoms with Gasteiger partial charge in [0, 0.05) is 32.7 Å². The number of piperazine rings is 1. The van der Waals surface area contributed by atoms with Crippen molar-refractivity contribution in [2.75, 3.05) is 31.1 Å². The molecule has 1 aromatic heterocycles. The van der Waals surface area contributed by atoms with Crippen LogP contribution in [0.5, 0.6) is 0 Å². The second kappa shape index (κ2) is 14.3. The molecule has 1 fully saturated rings. The fraction of sp³-hybridized carbons (Fsp3) is 0.375. The zero-order valence-electron chi connectivity index (χ0n) is 24.2. The number of hydrogen-bond acceptors (Lipinski definition) is 8. The van der Waals surface area contributed by atoms with E-state index in [1.54, 1.807) is 4.90 Å². The summed E-state index contributed by atoms with van der Waals surface area (Å²) in [6.07, 6.45) is 5.06. The van der Waals surface area contributed by atoms with Crippen LogP contribution in [0.15, 0.2) is 65.9 Å². The summed E-state index contributed by atoms with van der Waals surface area (Å²) in [6, 6.07) is 15.4. The quantitative estimate of drug-likeness (QED) is 0.181. The molecule has 2 N–H and O–H groups in total. The molecule has 2 aromatic carbocycles. The van der Waals surface area contributed by atoms with E-state index in [1.165, 1.54) is 12.4 Å². The summed E-state index contributed by atoms with van der Waals surface area (Å²) in [5.74, 6) is 0.156. The number of aromatic carboxylic acids is 1. The predicted molar refractivity (Wildman–Crippen MR) is 166 cm³/mol. The molecule has 2 aliphatic rings. The van der Waals surface area contributed by atoms with Crippen LogP contribution in [0, 0.1) is 17.4 Å². The smallest absolute Gasteiger partial charge is 0.410 e. The van der Waals surface area contributed by atoms with E-state index in [0.29, 0.717) is 50.9 Å². The van der Waals surface area contributed by atoms with Crippen LogP contribution in [0.25, 0.3) is 0 Å². The number of carbonyl (C=O) groups is 2. The molecule has 0 bridgehead atoms. The number of carboxylic acids is 1. The van der Waals surface area contributed by atoms with Gasteiger partial charge >= 0.3 is 12.1 Å². The summed E-state index contributed by atoms with van der Waals surface area (Å²) < 4.78 is 5.55. The maximum atomic E-state index is 12.8. The highest BCUT2D eigenvalue weighted by molar-refractivity contribution is 5.86. The van der Waals surface area contributed by atoms with Gasteiger partial charge in [-0.1, -0.05) is 63.7 Å². The van der Waals surface area contributed by atoms with E-state index in [4.69, 9.17) is 14.8 Å². The molecule has 1 amide bonds. The van der Waals surface area contributed by atoms with Crippen molar-refractivity contribution in [3.05, 3.63) is 83.3 Å². The van der Waals surface area contributed by atoms with Gasteiger partial charge in [0.25, 0.3) is 0 Å². The molecule has 230 valence electrons. The number of ether oxygens (including phenoxy) is 1. The lowest BCUT2D eigenvalue weighted by Gasteiger charge is -2.44. The van der Waals surface area contributed by atoms with E-state index in [-0.39, 0.29) is 37.8 Å². The molecule has 3 heterocycles. The van der Waals surface area contributed by atoms with Gasteiger partial charge in [-0.15, -0.1) is 0 Å². The van der Waals surface area contributed by atoms with Crippen LogP contribution in [-0.2, 0) is 24.3 Å². The Morgan fingerprint density at radius 2 is 1.91 bits per heavy atom. The first kappa shape index (κ1) is 31.7. The number of nitriles is 1. The SMILES string of the molecule is C.CC(C)[C@@H]1CN(c2cnc(C(=O)O)cn2)CCN1C(=Nc1cccc2c1CCN(C(=O)OCc1ccccc1)C2)NC#N. The fourth-order valence-corrected chi connectivity index (χ4v) is 5.44. The van der Waals surface area contributed by atoms with E-state index in [2.05, 4.69) is 45.1 Å². The molecule has 0 aliphatic carbocycles. The van der Waals surface area contributed by atoms with Gasteiger partial charge in [0.2, 0.25) is 5.96 Å². The Balaban J connectivity index is 0.00000442. The zero-order chi connectivity index (χ0) is 30.3. The molecule has 44 heavy (non-hydrogen) atoms. The van der Waals surface area contributed by atoms with Gasteiger partial charge in [-0.05, 0) is 35.1 Å². The number of carbonyl (C=O) groups excluding carboxylic acids is 1. The van der Waals surface area contributed by atoms with Gasteiger partial charge in [0.1, 0.15) is 12.4 Å². The third-order valence-electron chi connectivity index (χ3n) is 7.74. The minimum atomic E-state index is -1.12. The fourth-order valence-electron chi connectivity index (χ4n) is 5.44. The van der Waals surface area contributed by atoms with E-state index >= 15 is 0 Å². The average Bonchev–Trinajstić information content (AvgIpc) is 3.03. The van der Waals surface area contributed by atoms with Gasteiger partial charge in [0.05, 0.1) is 24.1 Å². The number of amides is 1. The minimum absolute atomic E-state index is 0. The molecular formula is C32H38N8O4. The van der Waals surface area contributed by atoms with E-state index in [9.17, 15) is 14.9 Å². The Morgan fingerprint density at radius 3 is 2.59 bits per heavy atom. The number of nitrogens with one attached hydrogen (secondary N) is 1. The van der Waals surface area contributed by atoms with Crippen LogP contribution in [0.2, 0.25) is 0 Å². The van der Waals surface area contributed by atoms with Crippen molar-refractivity contribution < 1.29 is 19.4 Å². The third-order valence-corrected chi connectivity index (χ3v) is 7.74. The standard InChI is InChI=1S/C31H34N8O4.CH4/c1-21(2)27-18-37(28-16-33-26(15-34-28)29(40)41)13-14-39(27)30(35-20-32)36-25-10-6-9-23-17-38(12-11-24(23)25)31(42)43-19-22-7-4-3-5-8-22;/h3-10,15-16,21,27H,11-14,17-19H2,1-2H3,(H,35,36)(H,40,41);1H4/t27-;/m0./s1. The molecule has 1 saturated heterocycles. The summed E-state index contributed by atoms with van der Waals surface area (Å²) >= 11 is 0. The highest BCUT2D eigenvalue weighted by atomic mass is 16.6. The number of aromatic nitrogens is 2. The molecular weight excluding hydrogens is 560 g/mol. The van der Waals surface area contributed by atoms with Gasteiger partial charge < -0.3 is 24.5 Å². The molecule has 3 aromatic rings. The maximum Gasteiger partial charge on any atom is 0.410 e. The topological polar surface area (TPSA) is 147 Å². The number of benzene rings is 2. The first-order chi connectivity index (χ1) is 20.8. The summed E-state index contributed by atoms with van der Waals surface area (Å²) in [6.45, 7) is 7.11. The number of aliphatic imine (C=N–C) groups is 1. The van der Waals surface area contributed by atoms with Gasteiger partial charge in [-0.3, -0.25) is 5.32 Å². The van der Waals surface area contributed by atoms with E-state index < -0.39 is 5.97 Å². The van der Waals surface area contributed by atoms with Crippen LogP contribution < -0.4 is 10.2 Å². The highest BCUT2D eigenvalue weighted by Crippen LogP contribution is 2.30. The van der Waals surface area contributed by atoms with Crippen molar-refractivity contribution in [3.63, 3.8) is 0 Å². The number of fused-ring (bicyclic) bond motifs is 1. The van der Waals surface area contributed by atoms with Crippen LogP contribution in [0.1, 0.15) is 48.5 Å². The van der Waals surface area contributed by atoms with Crippen LogP contribution in [0.3, 0.4) is 0 Å². The van der Waals surface area contributed by atoms with Crippen LogP contribution >= 0.6 is 0 Å². The second-order valence-corrected chi connectivity index (χ2v) is 10.8. The normalized spacial score (nSPS) is 16.5. The van der Waals surface area contributed by atoms with Crippen molar-refractivity contribution in [1.82, 2.24) is 25.1 Å². The molecule has 0 unspecified atom stereocenters. The number of carboxylic acid groups (broad SMARTS) is 1. The first-order valence-corrected chi connectivity index (χ1v) is 14.2. The van der Waals surface area contributed by atoms with Gasteiger partial charge in [0.15, 0.2) is 11.9 Å². The Kier molecular flexibility index (Phi) is 10.3. The summed E-state index contributed by atoms with van der Waals surface area (Å²) in [4.78, 5) is 43.1. The number of nitrogens with zero attached hydrogens (tertiary/aromatic N) is 7. The van der Waals surface area contributed by atoms with Crippen molar-refractivity contribution in [3.8, 4) is 6.19 Å². The van der Waals surface area contributed by atoms with E-state index in [0.717, 1.165) is 22.4 Å². The molecule has 12 nitrogen and oxygen atoms in total. The Hall–Kier alpha value is -5.18. The lowest BCUT2D eigenvalue weighted by molar-refractivity contribution is 0.0689. The maximum absolute atomic E-state index is 12.8. The molecule has 0 spiro atoms. The van der Waals surface area contributed by atoms with E-state index in [1.807, 2.05) is 48.5 Å². The second-order valence-electron chi connectivity index (χ2n) is 10.8. The lowest BCUT2D eigenvalue weighted by atomic mass is 9.98. The number of rotatable bonds is 6. The number of guanidine groups is 1. The Bertz CT molecular complexity index is 1520. The number of anilines is 1. The number of hydrogen-bond donors (Lipinski definition) is 2. The summed E-state index contributed by atoms with van der Waals surface area (Å²) in [5.41, 5.74) is 3.63. The van der Waals surface area contributed by atoms with Crippen LogP contribution in [0.4, 0.5) is 16.3 Å². The molecule has 5 rings (SSSR count). The monoisotopic (exact) mass is 598 g/mol. The average molecular weight is 599 g/mol. The van der Waals surface area contributed by atoms with Gasteiger partial charge in [-0.25, -0.2) is 24.5 Å². The Morgan fingerprint density at radius 1 is 1.11 bits per heavy atom. The highest BCUT2D eigenvalue weighted by Gasteiger charge is 2.33. The lowest BCUT2D eigenvalue weighted by Crippen LogP contribution is -2.59. The predicted octanol–water partition coefficient (Wildman–Crippen LogP) is 4.41. The van der Waals surface area contributed by atoms with Crippen molar-refractivity contribution in [2.24, 2.45) is 10.9 Å². The molecule has 12 heteroatoms. The molecule has 0 radical (unpaired) electrons. The molecule has 0 saturated carbocycles. The Labute approximate surface area is 257 Å². The third kappa shape index (κ3) is 7.23. The van der Waals surface area contributed by atoms with Gasteiger partial charge in [-0.2, -0.15) is 5.26 Å². The first-order valence-electron chi connectivity index (χ1n) is 14.2. The minimum Gasteiger partial charge on any atom is -0.476 e. The van der Waals surface area contributed by atoms with Crippen molar-refractivity contribution in [1.29, 1.82) is 5.26 Å². The van der Waals surface area contributed by atoms with Crippen LogP contribution in [-0.4, -0.2) is 75.1 Å². The van der Waals surface area contributed by atoms with Crippen molar-refractivity contribution >= 4 is 29.5 Å².